The standard InChI is InChI=1S/C15H23N3OS/c1-2-3-4-5-6-7-9-19-11-13-17-14(16)12-8-10-20-15(12)18-13/h8,10H,2-7,9,11H2,1H3,(H2,16,17,18). The second-order valence-electron chi connectivity index (χ2n) is 4.98. The van der Waals surface area contributed by atoms with E-state index in [0.717, 1.165) is 23.2 Å². The summed E-state index contributed by atoms with van der Waals surface area (Å²) in [5.41, 5.74) is 5.90. The molecular weight excluding hydrogens is 270 g/mol. The number of thiophene rings is 1. The summed E-state index contributed by atoms with van der Waals surface area (Å²) in [6.45, 7) is 3.46. The minimum Gasteiger partial charge on any atom is -0.383 e. The van der Waals surface area contributed by atoms with Crippen molar-refractivity contribution in [1.29, 1.82) is 0 Å². The molecule has 0 aliphatic heterocycles. The van der Waals surface area contributed by atoms with Crippen LogP contribution in [0.15, 0.2) is 11.4 Å². The molecule has 4 nitrogen and oxygen atoms in total. The number of nitrogens with zero attached hydrogens (tertiary/aromatic N) is 2. The average molecular weight is 293 g/mol. The zero-order chi connectivity index (χ0) is 14.2. The summed E-state index contributed by atoms with van der Waals surface area (Å²) in [6, 6.07) is 1.95. The van der Waals surface area contributed by atoms with Gasteiger partial charge in [-0.1, -0.05) is 39.0 Å². The maximum atomic E-state index is 5.90. The Bertz CT molecular complexity index is 527. The number of unbranched alkanes of at least 4 members (excludes halogenated alkanes) is 5. The van der Waals surface area contributed by atoms with Crippen LogP contribution in [0.1, 0.15) is 51.3 Å². The van der Waals surface area contributed by atoms with Gasteiger partial charge < -0.3 is 10.5 Å². The van der Waals surface area contributed by atoms with Gasteiger partial charge in [0.05, 0.1) is 5.39 Å². The molecule has 0 bridgehead atoms. The highest BCUT2D eigenvalue weighted by Crippen LogP contribution is 2.22. The number of ether oxygens (including phenoxy) is 1. The first-order valence-electron chi connectivity index (χ1n) is 7.38. The smallest absolute Gasteiger partial charge is 0.158 e. The van der Waals surface area contributed by atoms with Crippen molar-refractivity contribution in [3.8, 4) is 0 Å². The lowest BCUT2D eigenvalue weighted by Gasteiger charge is -2.05. The van der Waals surface area contributed by atoms with Gasteiger partial charge in [-0.25, -0.2) is 9.97 Å². The fourth-order valence-electron chi connectivity index (χ4n) is 2.14. The Balaban J connectivity index is 1.68. The molecule has 0 aliphatic carbocycles. The number of anilines is 1. The van der Waals surface area contributed by atoms with E-state index in [-0.39, 0.29) is 0 Å². The molecule has 0 saturated heterocycles. The van der Waals surface area contributed by atoms with Crippen molar-refractivity contribution in [3.63, 3.8) is 0 Å². The first-order chi connectivity index (χ1) is 9.81. The molecule has 0 radical (unpaired) electrons. The van der Waals surface area contributed by atoms with Crippen molar-refractivity contribution in [2.75, 3.05) is 12.3 Å². The van der Waals surface area contributed by atoms with E-state index in [1.165, 1.54) is 32.1 Å². The van der Waals surface area contributed by atoms with Crippen molar-refractivity contribution >= 4 is 27.4 Å². The zero-order valence-electron chi connectivity index (χ0n) is 12.1. The second kappa shape index (κ2) is 8.17. The van der Waals surface area contributed by atoms with E-state index in [1.807, 2.05) is 11.4 Å². The number of nitrogen functional groups attached to an aromatic ring is 1. The van der Waals surface area contributed by atoms with Gasteiger partial charge in [0.2, 0.25) is 0 Å². The molecule has 0 unspecified atom stereocenters. The van der Waals surface area contributed by atoms with Crippen molar-refractivity contribution < 1.29 is 4.74 Å². The molecule has 2 aromatic heterocycles. The molecule has 0 amide bonds. The van der Waals surface area contributed by atoms with Gasteiger partial charge in [-0.3, -0.25) is 0 Å². The third-order valence-electron chi connectivity index (χ3n) is 3.27. The van der Waals surface area contributed by atoms with Crippen LogP contribution < -0.4 is 5.73 Å². The SMILES string of the molecule is CCCCCCCCOCc1nc(N)c2ccsc2n1. The number of nitrogens with two attached hydrogens (primary N) is 1. The highest BCUT2D eigenvalue weighted by Gasteiger charge is 2.06. The van der Waals surface area contributed by atoms with Crippen LogP contribution in [0.3, 0.4) is 0 Å². The summed E-state index contributed by atoms with van der Waals surface area (Å²) in [7, 11) is 0. The van der Waals surface area contributed by atoms with Crippen molar-refractivity contribution in [2.45, 2.75) is 52.1 Å². The zero-order valence-corrected chi connectivity index (χ0v) is 12.9. The van der Waals surface area contributed by atoms with E-state index in [0.29, 0.717) is 18.2 Å². The van der Waals surface area contributed by atoms with Gasteiger partial charge in [-0.05, 0) is 17.9 Å². The summed E-state index contributed by atoms with van der Waals surface area (Å²) in [5, 5.41) is 2.92. The Morgan fingerprint density at radius 3 is 2.80 bits per heavy atom. The lowest BCUT2D eigenvalue weighted by atomic mass is 10.1. The minimum atomic E-state index is 0.451. The van der Waals surface area contributed by atoms with Crippen LogP contribution in [0, 0.1) is 0 Å². The van der Waals surface area contributed by atoms with E-state index in [4.69, 9.17) is 10.5 Å². The van der Waals surface area contributed by atoms with Gasteiger partial charge in [-0.2, -0.15) is 0 Å². The summed E-state index contributed by atoms with van der Waals surface area (Å²) in [6.07, 6.45) is 7.63. The third kappa shape index (κ3) is 4.42. The Hall–Kier alpha value is -1.20. The van der Waals surface area contributed by atoms with Crippen molar-refractivity contribution in [2.24, 2.45) is 0 Å². The predicted octanol–water partition coefficient (Wildman–Crippen LogP) is 4.15. The highest BCUT2D eigenvalue weighted by atomic mass is 32.1. The molecule has 0 fully saturated rings. The molecule has 2 N–H and O–H groups in total. The number of hydrogen-bond acceptors (Lipinski definition) is 5. The van der Waals surface area contributed by atoms with Crippen LogP contribution in [0.25, 0.3) is 10.2 Å². The number of hydrogen-bond donors (Lipinski definition) is 1. The largest absolute Gasteiger partial charge is 0.383 e. The molecule has 0 aliphatic rings. The van der Waals surface area contributed by atoms with E-state index < -0.39 is 0 Å². The van der Waals surface area contributed by atoms with Crippen LogP contribution >= 0.6 is 11.3 Å². The van der Waals surface area contributed by atoms with E-state index >= 15 is 0 Å². The van der Waals surface area contributed by atoms with Crippen molar-refractivity contribution in [3.05, 3.63) is 17.3 Å². The number of aromatic nitrogens is 2. The summed E-state index contributed by atoms with van der Waals surface area (Å²) < 4.78 is 5.63. The van der Waals surface area contributed by atoms with Crippen molar-refractivity contribution in [1.82, 2.24) is 9.97 Å². The lowest BCUT2D eigenvalue weighted by Crippen LogP contribution is -2.03. The number of fused-ring (bicyclic) bond motifs is 1. The molecule has 20 heavy (non-hydrogen) atoms. The summed E-state index contributed by atoms with van der Waals surface area (Å²) in [4.78, 5) is 9.68. The number of rotatable bonds is 9. The first-order valence-corrected chi connectivity index (χ1v) is 8.26. The van der Waals surface area contributed by atoms with E-state index in [9.17, 15) is 0 Å². The predicted molar refractivity (Wildman–Crippen MR) is 84.9 cm³/mol. The van der Waals surface area contributed by atoms with Gasteiger partial charge in [0.15, 0.2) is 5.82 Å². The molecule has 110 valence electrons. The monoisotopic (exact) mass is 293 g/mol. The normalized spacial score (nSPS) is 11.2. The van der Waals surface area contributed by atoms with Gasteiger partial charge >= 0.3 is 0 Å². The third-order valence-corrected chi connectivity index (χ3v) is 4.08. The molecule has 2 heterocycles. The van der Waals surface area contributed by atoms with Gasteiger partial charge in [0.25, 0.3) is 0 Å². The Labute approximate surface area is 124 Å². The molecule has 2 rings (SSSR count). The van der Waals surface area contributed by atoms with E-state index in [2.05, 4.69) is 16.9 Å². The van der Waals surface area contributed by atoms with Crippen LogP contribution in [0.4, 0.5) is 5.82 Å². The van der Waals surface area contributed by atoms with Gasteiger partial charge in [0, 0.05) is 6.61 Å². The molecule has 0 aromatic carbocycles. The second-order valence-corrected chi connectivity index (χ2v) is 5.88. The fourth-order valence-corrected chi connectivity index (χ4v) is 2.93. The van der Waals surface area contributed by atoms with Crippen LogP contribution in [0.5, 0.6) is 0 Å². The molecule has 0 saturated carbocycles. The molecular formula is C15H23N3OS. The van der Waals surface area contributed by atoms with Crippen LogP contribution in [-0.2, 0) is 11.3 Å². The molecule has 0 spiro atoms. The topological polar surface area (TPSA) is 61.0 Å². The summed E-state index contributed by atoms with van der Waals surface area (Å²) >= 11 is 1.58. The fraction of sp³-hybridized carbons (Fsp3) is 0.600. The Kier molecular flexibility index (Phi) is 6.21. The quantitative estimate of drug-likeness (QED) is 0.705. The Morgan fingerprint density at radius 2 is 1.95 bits per heavy atom. The average Bonchev–Trinajstić information content (AvgIpc) is 2.91. The summed E-state index contributed by atoms with van der Waals surface area (Å²) in [5.74, 6) is 1.23. The first kappa shape index (κ1) is 15.2. The maximum absolute atomic E-state index is 5.90. The van der Waals surface area contributed by atoms with Crippen LogP contribution in [0.2, 0.25) is 0 Å². The molecule has 5 heteroatoms. The minimum absolute atomic E-state index is 0.451. The van der Waals surface area contributed by atoms with Crippen LogP contribution in [-0.4, -0.2) is 16.6 Å². The molecule has 2 aromatic rings. The molecule has 0 atom stereocenters. The Morgan fingerprint density at radius 1 is 1.15 bits per heavy atom. The van der Waals surface area contributed by atoms with Gasteiger partial charge in [0.1, 0.15) is 17.3 Å². The van der Waals surface area contributed by atoms with Gasteiger partial charge in [-0.15, -0.1) is 11.3 Å². The van der Waals surface area contributed by atoms with E-state index in [1.54, 1.807) is 11.3 Å². The lowest BCUT2D eigenvalue weighted by molar-refractivity contribution is 0.112. The highest BCUT2D eigenvalue weighted by molar-refractivity contribution is 7.16. The maximum Gasteiger partial charge on any atom is 0.158 e.